The van der Waals surface area contributed by atoms with Crippen molar-refractivity contribution in [1.29, 1.82) is 0 Å². The van der Waals surface area contributed by atoms with Gasteiger partial charge in [-0.15, -0.1) is 0 Å². The molecule has 0 aliphatic rings. The van der Waals surface area contributed by atoms with Crippen LogP contribution < -0.4 is 15.6 Å². The zero-order valence-electron chi connectivity index (χ0n) is 18.0. The highest BCUT2D eigenvalue weighted by molar-refractivity contribution is 7.89. The van der Waals surface area contributed by atoms with E-state index in [1.807, 2.05) is 42.5 Å². The first-order valence-corrected chi connectivity index (χ1v) is 11.9. The number of ether oxygens (including phenoxy) is 1. The smallest absolute Gasteiger partial charge is 0.259 e. The van der Waals surface area contributed by atoms with Crippen LogP contribution in [0.3, 0.4) is 0 Å². The van der Waals surface area contributed by atoms with Crippen LogP contribution in [0.4, 0.5) is 11.5 Å². The third-order valence-corrected chi connectivity index (χ3v) is 6.55. The maximum Gasteiger partial charge on any atom is 0.259 e. The molecule has 0 amide bonds. The molecule has 0 unspecified atom stereocenters. The van der Waals surface area contributed by atoms with Gasteiger partial charge in [0.25, 0.3) is 5.56 Å². The van der Waals surface area contributed by atoms with Gasteiger partial charge in [0.1, 0.15) is 5.82 Å². The van der Waals surface area contributed by atoms with Gasteiger partial charge in [-0.05, 0) is 48.2 Å². The fourth-order valence-corrected chi connectivity index (χ4v) is 4.50. The largest absolute Gasteiger partial charge is 0.385 e. The molecule has 4 rings (SSSR count). The minimum absolute atomic E-state index is 0.152. The summed E-state index contributed by atoms with van der Waals surface area (Å²) in [5.41, 5.74) is 1.98. The van der Waals surface area contributed by atoms with Gasteiger partial charge in [0, 0.05) is 37.7 Å². The molecule has 9 heteroatoms. The number of aromatic amines is 1. The van der Waals surface area contributed by atoms with E-state index in [1.54, 1.807) is 25.4 Å². The standard InChI is InChI=1S/C24H24N4O4S/c1-32-15-5-13-26-33(30,31)20-10-8-19(9-11-20)27-23-22-18(12-14-25-24(22)29)16-21(28-23)17-6-3-2-4-7-17/h2-4,6-12,14,16,26H,5,13,15H2,1H3,(H,25,29)(H,27,28). The van der Waals surface area contributed by atoms with Gasteiger partial charge in [-0.3, -0.25) is 4.79 Å². The third kappa shape index (κ3) is 5.28. The zero-order valence-corrected chi connectivity index (χ0v) is 18.9. The monoisotopic (exact) mass is 464 g/mol. The molecule has 2 heterocycles. The second-order valence-electron chi connectivity index (χ2n) is 7.39. The van der Waals surface area contributed by atoms with Gasteiger partial charge in [-0.2, -0.15) is 0 Å². The molecule has 0 radical (unpaired) electrons. The van der Waals surface area contributed by atoms with Crippen LogP contribution in [0.2, 0.25) is 0 Å². The molecule has 0 aliphatic heterocycles. The molecule has 0 bridgehead atoms. The number of H-pyrrole nitrogens is 1. The number of benzene rings is 2. The highest BCUT2D eigenvalue weighted by atomic mass is 32.2. The molecule has 170 valence electrons. The van der Waals surface area contributed by atoms with Crippen LogP contribution in [0.5, 0.6) is 0 Å². The highest BCUT2D eigenvalue weighted by Gasteiger charge is 2.14. The number of methoxy groups -OCH3 is 1. The number of fused-ring (bicyclic) bond motifs is 1. The van der Waals surface area contributed by atoms with Crippen molar-refractivity contribution in [3.63, 3.8) is 0 Å². The Morgan fingerprint density at radius 1 is 1.03 bits per heavy atom. The number of hydrogen-bond acceptors (Lipinski definition) is 6. The Kier molecular flexibility index (Phi) is 6.83. The minimum Gasteiger partial charge on any atom is -0.385 e. The summed E-state index contributed by atoms with van der Waals surface area (Å²) in [6.07, 6.45) is 2.18. The first-order chi connectivity index (χ1) is 16.0. The fourth-order valence-electron chi connectivity index (χ4n) is 3.42. The Labute approximate surface area is 191 Å². The molecule has 2 aromatic heterocycles. The van der Waals surface area contributed by atoms with E-state index in [1.165, 1.54) is 12.1 Å². The number of sulfonamides is 1. The molecule has 0 saturated heterocycles. The molecule has 0 spiro atoms. The lowest BCUT2D eigenvalue weighted by Gasteiger charge is -2.12. The molecule has 4 aromatic rings. The molecule has 3 N–H and O–H groups in total. The van der Waals surface area contributed by atoms with Gasteiger partial charge >= 0.3 is 0 Å². The van der Waals surface area contributed by atoms with Gasteiger partial charge < -0.3 is 15.0 Å². The van der Waals surface area contributed by atoms with E-state index in [0.29, 0.717) is 36.5 Å². The van der Waals surface area contributed by atoms with Gasteiger partial charge in [0.2, 0.25) is 10.0 Å². The van der Waals surface area contributed by atoms with Crippen LogP contribution in [0.25, 0.3) is 22.0 Å². The summed E-state index contributed by atoms with van der Waals surface area (Å²) in [4.78, 5) is 20.1. The summed E-state index contributed by atoms with van der Waals surface area (Å²) >= 11 is 0. The van der Waals surface area contributed by atoms with Crippen molar-refractivity contribution in [2.24, 2.45) is 0 Å². The zero-order chi connectivity index (χ0) is 23.3. The molecule has 8 nitrogen and oxygen atoms in total. The lowest BCUT2D eigenvalue weighted by atomic mass is 10.1. The molecule has 0 atom stereocenters. The summed E-state index contributed by atoms with van der Waals surface area (Å²) in [5, 5.41) is 4.34. The Morgan fingerprint density at radius 3 is 2.52 bits per heavy atom. The summed E-state index contributed by atoms with van der Waals surface area (Å²) in [7, 11) is -2.05. The molecule has 33 heavy (non-hydrogen) atoms. The van der Waals surface area contributed by atoms with E-state index < -0.39 is 10.0 Å². The third-order valence-electron chi connectivity index (χ3n) is 5.07. The Bertz CT molecular complexity index is 1400. The van der Waals surface area contributed by atoms with Crippen molar-refractivity contribution in [3.8, 4) is 11.3 Å². The molecule has 0 fully saturated rings. The molecular weight excluding hydrogens is 440 g/mol. The fraction of sp³-hybridized carbons (Fsp3) is 0.167. The van der Waals surface area contributed by atoms with Crippen molar-refractivity contribution in [2.45, 2.75) is 11.3 Å². The second kappa shape index (κ2) is 9.95. The van der Waals surface area contributed by atoms with Crippen LogP contribution in [0.15, 0.2) is 82.6 Å². The molecule has 2 aromatic carbocycles. The van der Waals surface area contributed by atoms with Crippen molar-refractivity contribution >= 4 is 32.3 Å². The number of rotatable bonds is 9. The number of aromatic nitrogens is 2. The van der Waals surface area contributed by atoms with Crippen molar-refractivity contribution in [2.75, 3.05) is 25.6 Å². The van der Waals surface area contributed by atoms with Crippen LogP contribution in [0, 0.1) is 0 Å². The number of nitrogens with one attached hydrogen (secondary N) is 3. The normalized spacial score (nSPS) is 11.5. The number of pyridine rings is 2. The second-order valence-corrected chi connectivity index (χ2v) is 9.15. The van der Waals surface area contributed by atoms with E-state index in [2.05, 4.69) is 20.0 Å². The topological polar surface area (TPSA) is 113 Å². The summed E-state index contributed by atoms with van der Waals surface area (Å²) in [6, 6.07) is 19.7. The number of anilines is 2. The Morgan fingerprint density at radius 2 is 1.79 bits per heavy atom. The quantitative estimate of drug-likeness (QED) is 0.326. The minimum atomic E-state index is -3.62. The predicted molar refractivity (Wildman–Crippen MR) is 129 cm³/mol. The summed E-state index contributed by atoms with van der Waals surface area (Å²) in [6.45, 7) is 0.772. The van der Waals surface area contributed by atoms with E-state index in [0.717, 1.165) is 16.6 Å². The maximum absolute atomic E-state index is 12.5. The summed E-state index contributed by atoms with van der Waals surface area (Å²) < 4.78 is 32.4. The van der Waals surface area contributed by atoms with Gasteiger partial charge in [-0.1, -0.05) is 30.3 Å². The van der Waals surface area contributed by atoms with Crippen LogP contribution in [0.1, 0.15) is 6.42 Å². The van der Waals surface area contributed by atoms with Crippen molar-refractivity contribution in [1.82, 2.24) is 14.7 Å². The van der Waals surface area contributed by atoms with E-state index in [-0.39, 0.29) is 10.5 Å². The summed E-state index contributed by atoms with van der Waals surface area (Å²) in [5.74, 6) is 0.390. The SMILES string of the molecule is COCCCNS(=O)(=O)c1ccc(Nc2nc(-c3ccccc3)cc3cc[nH]c(=O)c23)cc1. The average molecular weight is 465 g/mol. The highest BCUT2D eigenvalue weighted by Crippen LogP contribution is 2.28. The average Bonchev–Trinajstić information content (AvgIpc) is 2.83. The van der Waals surface area contributed by atoms with Gasteiger partial charge in [0.15, 0.2) is 0 Å². The number of hydrogen-bond donors (Lipinski definition) is 3. The van der Waals surface area contributed by atoms with Gasteiger partial charge in [0.05, 0.1) is 16.0 Å². The first kappa shape index (κ1) is 22.7. The van der Waals surface area contributed by atoms with Crippen LogP contribution in [-0.4, -0.2) is 38.6 Å². The lowest BCUT2D eigenvalue weighted by Crippen LogP contribution is -2.25. The van der Waals surface area contributed by atoms with Gasteiger partial charge in [-0.25, -0.2) is 18.1 Å². The Hall–Kier alpha value is -3.53. The predicted octanol–water partition coefficient (Wildman–Crippen LogP) is 3.65. The molecule has 0 saturated carbocycles. The lowest BCUT2D eigenvalue weighted by molar-refractivity contribution is 0.196. The molecule has 0 aliphatic carbocycles. The number of nitrogens with zero attached hydrogens (tertiary/aromatic N) is 1. The maximum atomic E-state index is 12.5. The van der Waals surface area contributed by atoms with E-state index >= 15 is 0 Å². The van der Waals surface area contributed by atoms with E-state index in [9.17, 15) is 13.2 Å². The first-order valence-electron chi connectivity index (χ1n) is 10.4. The van der Waals surface area contributed by atoms with Crippen molar-refractivity contribution < 1.29 is 13.2 Å². The van der Waals surface area contributed by atoms with Crippen molar-refractivity contribution in [3.05, 3.63) is 83.3 Å². The van der Waals surface area contributed by atoms with E-state index in [4.69, 9.17) is 4.74 Å². The van der Waals surface area contributed by atoms with Crippen LogP contribution >= 0.6 is 0 Å². The van der Waals surface area contributed by atoms with Crippen LogP contribution in [-0.2, 0) is 14.8 Å². The Balaban J connectivity index is 1.64. The molecular formula is C24H24N4O4S.